The van der Waals surface area contributed by atoms with E-state index in [1.807, 2.05) is 19.2 Å². The van der Waals surface area contributed by atoms with Gasteiger partial charge in [-0.25, -0.2) is 4.98 Å². The van der Waals surface area contributed by atoms with Crippen molar-refractivity contribution in [2.24, 2.45) is 5.73 Å². The number of hydrogen-bond donors (Lipinski definition) is 2. The molecule has 1 saturated carbocycles. The Morgan fingerprint density at radius 3 is 2.83 bits per heavy atom. The second-order valence-electron chi connectivity index (χ2n) is 5.02. The average molecular weight is 246 g/mol. The van der Waals surface area contributed by atoms with Gasteiger partial charge in [-0.05, 0) is 37.8 Å². The van der Waals surface area contributed by atoms with Crippen LogP contribution in [0.3, 0.4) is 0 Å². The first-order valence-electron chi connectivity index (χ1n) is 6.71. The first-order chi connectivity index (χ1) is 8.65. The predicted octanol–water partition coefficient (Wildman–Crippen LogP) is 2.44. The van der Waals surface area contributed by atoms with Crippen LogP contribution in [-0.4, -0.2) is 23.4 Å². The van der Waals surface area contributed by atoms with Crippen LogP contribution >= 0.6 is 0 Å². The monoisotopic (exact) mass is 246 g/mol. The first-order valence-corrected chi connectivity index (χ1v) is 6.71. The molecule has 0 unspecified atom stereocenters. The Morgan fingerprint density at radius 1 is 1.56 bits per heavy atom. The summed E-state index contributed by atoms with van der Waals surface area (Å²) in [6.07, 6.45) is 6.61. The van der Waals surface area contributed by atoms with E-state index in [1.54, 1.807) is 0 Å². The van der Waals surface area contributed by atoms with Crippen LogP contribution in [0.15, 0.2) is 12.3 Å². The number of amidine groups is 1. The summed E-state index contributed by atoms with van der Waals surface area (Å²) in [7, 11) is 0. The minimum absolute atomic E-state index is 0.123. The van der Waals surface area contributed by atoms with E-state index < -0.39 is 0 Å². The van der Waals surface area contributed by atoms with Crippen molar-refractivity contribution in [2.45, 2.75) is 45.6 Å². The molecule has 1 aromatic rings. The molecule has 98 valence electrons. The fourth-order valence-corrected chi connectivity index (χ4v) is 2.27. The van der Waals surface area contributed by atoms with Gasteiger partial charge in [0.05, 0.1) is 5.56 Å². The molecule has 0 atom stereocenters. The molecule has 3 N–H and O–H groups in total. The summed E-state index contributed by atoms with van der Waals surface area (Å²) in [4.78, 5) is 6.82. The Kier molecular flexibility index (Phi) is 3.84. The molecule has 1 fully saturated rings. The highest BCUT2D eigenvalue weighted by atomic mass is 15.2. The maximum absolute atomic E-state index is 7.76. The molecule has 4 nitrogen and oxygen atoms in total. The zero-order valence-electron chi connectivity index (χ0n) is 11.2. The molecule has 1 aliphatic rings. The lowest BCUT2D eigenvalue weighted by molar-refractivity contribution is 0.703. The molecule has 18 heavy (non-hydrogen) atoms. The van der Waals surface area contributed by atoms with E-state index in [2.05, 4.69) is 16.8 Å². The Bertz CT molecular complexity index is 437. The van der Waals surface area contributed by atoms with Gasteiger partial charge in [0.25, 0.3) is 0 Å². The summed E-state index contributed by atoms with van der Waals surface area (Å²) in [5.41, 5.74) is 7.56. The van der Waals surface area contributed by atoms with Gasteiger partial charge >= 0.3 is 0 Å². The molecule has 0 amide bonds. The van der Waals surface area contributed by atoms with Gasteiger partial charge in [-0.15, -0.1) is 0 Å². The second kappa shape index (κ2) is 5.38. The van der Waals surface area contributed by atoms with Crippen LogP contribution < -0.4 is 10.6 Å². The molecular weight excluding hydrogens is 224 g/mol. The Hall–Kier alpha value is -1.58. The topological polar surface area (TPSA) is 66.0 Å². The molecule has 4 heteroatoms. The molecule has 0 aliphatic heterocycles. The van der Waals surface area contributed by atoms with Crippen molar-refractivity contribution in [3.8, 4) is 0 Å². The standard InChI is InChI=1S/C14H22N4/c1-3-4-9-18(11-5-6-11)14-12(13(15)16)10(2)7-8-17-14/h7-8,11H,3-6,9H2,1-2H3,(H3,15,16). The minimum atomic E-state index is 0.123. The lowest BCUT2D eigenvalue weighted by Crippen LogP contribution is -2.31. The maximum atomic E-state index is 7.76. The molecule has 0 spiro atoms. The summed E-state index contributed by atoms with van der Waals surface area (Å²) in [5, 5.41) is 7.76. The highest BCUT2D eigenvalue weighted by molar-refractivity contribution is 6.01. The number of nitrogens with two attached hydrogens (primary N) is 1. The van der Waals surface area contributed by atoms with E-state index >= 15 is 0 Å². The van der Waals surface area contributed by atoms with Crippen molar-refractivity contribution in [1.29, 1.82) is 5.41 Å². The van der Waals surface area contributed by atoms with Gasteiger partial charge in [0.15, 0.2) is 0 Å². The summed E-state index contributed by atoms with van der Waals surface area (Å²) >= 11 is 0. The molecule has 1 heterocycles. The number of hydrogen-bond acceptors (Lipinski definition) is 3. The smallest absolute Gasteiger partial charge is 0.140 e. The number of rotatable bonds is 6. The lowest BCUT2D eigenvalue weighted by Gasteiger charge is -2.26. The molecule has 0 aromatic carbocycles. The van der Waals surface area contributed by atoms with Gasteiger partial charge in [-0.1, -0.05) is 13.3 Å². The van der Waals surface area contributed by atoms with Crippen LogP contribution in [0.1, 0.15) is 43.7 Å². The lowest BCUT2D eigenvalue weighted by atomic mass is 10.1. The number of nitrogen functional groups attached to an aromatic ring is 1. The van der Waals surface area contributed by atoms with Crippen molar-refractivity contribution < 1.29 is 0 Å². The number of aryl methyl sites for hydroxylation is 1. The van der Waals surface area contributed by atoms with E-state index in [-0.39, 0.29) is 5.84 Å². The Labute approximate surface area is 109 Å². The van der Waals surface area contributed by atoms with E-state index in [0.29, 0.717) is 6.04 Å². The van der Waals surface area contributed by atoms with E-state index in [0.717, 1.165) is 29.9 Å². The van der Waals surface area contributed by atoms with Crippen LogP contribution in [0.2, 0.25) is 0 Å². The first kappa shape index (κ1) is 12.9. The number of nitrogens with one attached hydrogen (secondary N) is 1. The molecule has 0 radical (unpaired) electrons. The molecule has 0 saturated heterocycles. The van der Waals surface area contributed by atoms with Crippen LogP contribution in [0.25, 0.3) is 0 Å². The summed E-state index contributed by atoms with van der Waals surface area (Å²) in [5.74, 6) is 1.02. The number of pyridine rings is 1. The SMILES string of the molecule is CCCCN(c1nccc(C)c1C(=N)N)C1CC1. The normalized spacial score (nSPS) is 14.6. The quantitative estimate of drug-likeness (QED) is 0.598. The highest BCUT2D eigenvalue weighted by Gasteiger charge is 2.31. The van der Waals surface area contributed by atoms with Gasteiger partial charge in [0, 0.05) is 18.8 Å². The summed E-state index contributed by atoms with van der Waals surface area (Å²) in [6.45, 7) is 5.20. The molecule has 1 aromatic heterocycles. The zero-order chi connectivity index (χ0) is 13.1. The highest BCUT2D eigenvalue weighted by Crippen LogP contribution is 2.33. The van der Waals surface area contributed by atoms with E-state index in [4.69, 9.17) is 11.1 Å². The van der Waals surface area contributed by atoms with Gasteiger partial charge in [-0.2, -0.15) is 0 Å². The van der Waals surface area contributed by atoms with Gasteiger partial charge in [0.2, 0.25) is 0 Å². The fourth-order valence-electron chi connectivity index (χ4n) is 2.27. The largest absolute Gasteiger partial charge is 0.384 e. The van der Waals surface area contributed by atoms with E-state index in [1.165, 1.54) is 19.3 Å². The van der Waals surface area contributed by atoms with Crippen molar-refractivity contribution in [3.63, 3.8) is 0 Å². The van der Waals surface area contributed by atoms with Crippen molar-refractivity contribution in [3.05, 3.63) is 23.4 Å². The van der Waals surface area contributed by atoms with Crippen molar-refractivity contribution >= 4 is 11.7 Å². The number of aromatic nitrogens is 1. The van der Waals surface area contributed by atoms with E-state index in [9.17, 15) is 0 Å². The Balaban J connectivity index is 2.34. The third-order valence-electron chi connectivity index (χ3n) is 3.42. The third kappa shape index (κ3) is 2.63. The van der Waals surface area contributed by atoms with Crippen LogP contribution in [0, 0.1) is 12.3 Å². The third-order valence-corrected chi connectivity index (χ3v) is 3.42. The molecule has 1 aliphatic carbocycles. The molecule has 0 bridgehead atoms. The Morgan fingerprint density at radius 2 is 2.28 bits per heavy atom. The summed E-state index contributed by atoms with van der Waals surface area (Å²) in [6, 6.07) is 2.52. The van der Waals surface area contributed by atoms with Crippen LogP contribution in [0.4, 0.5) is 5.82 Å². The van der Waals surface area contributed by atoms with Crippen molar-refractivity contribution in [1.82, 2.24) is 4.98 Å². The van der Waals surface area contributed by atoms with Crippen molar-refractivity contribution in [2.75, 3.05) is 11.4 Å². The fraction of sp³-hybridized carbons (Fsp3) is 0.571. The van der Waals surface area contributed by atoms with Gasteiger partial charge in [0.1, 0.15) is 11.7 Å². The second-order valence-corrected chi connectivity index (χ2v) is 5.02. The minimum Gasteiger partial charge on any atom is -0.384 e. The maximum Gasteiger partial charge on any atom is 0.140 e. The molecule has 2 rings (SSSR count). The van der Waals surface area contributed by atoms with Crippen LogP contribution in [-0.2, 0) is 0 Å². The van der Waals surface area contributed by atoms with Gasteiger partial charge in [-0.3, -0.25) is 5.41 Å². The van der Waals surface area contributed by atoms with Crippen LogP contribution in [0.5, 0.6) is 0 Å². The zero-order valence-corrected chi connectivity index (χ0v) is 11.2. The van der Waals surface area contributed by atoms with Gasteiger partial charge < -0.3 is 10.6 Å². The number of nitrogens with zero attached hydrogens (tertiary/aromatic N) is 2. The summed E-state index contributed by atoms with van der Waals surface area (Å²) < 4.78 is 0. The predicted molar refractivity (Wildman–Crippen MR) is 75.3 cm³/mol. The average Bonchev–Trinajstić information content (AvgIpc) is 3.13. The number of anilines is 1. The molecular formula is C14H22N4. The number of unbranched alkanes of at least 4 members (excludes halogenated alkanes) is 1.